The first kappa shape index (κ1) is 19.7. The molecule has 27 heavy (non-hydrogen) atoms. The molecule has 0 radical (unpaired) electrons. The minimum absolute atomic E-state index is 0.378. The van der Waals surface area contributed by atoms with Crippen LogP contribution in [0.3, 0.4) is 0 Å². The lowest BCUT2D eigenvalue weighted by atomic mass is 9.92. The highest BCUT2D eigenvalue weighted by Gasteiger charge is 2.23. The third-order valence-corrected chi connectivity index (χ3v) is 5.78. The Balaban J connectivity index is 1.52. The fourth-order valence-electron chi connectivity index (χ4n) is 4.23. The predicted molar refractivity (Wildman–Crippen MR) is 119 cm³/mol. The lowest BCUT2D eigenvalue weighted by Gasteiger charge is -2.17. The summed E-state index contributed by atoms with van der Waals surface area (Å²) in [5.74, 6) is 0.378. The highest BCUT2D eigenvalue weighted by Crippen LogP contribution is 2.41. The molecule has 1 aliphatic carbocycles. The highest BCUT2D eigenvalue weighted by molar-refractivity contribution is 5.76. The maximum Gasteiger partial charge on any atom is 0.0382 e. The van der Waals surface area contributed by atoms with Crippen LogP contribution in [0.4, 0.5) is 5.69 Å². The maximum atomic E-state index is 3.72. The Kier molecular flexibility index (Phi) is 7.56. The van der Waals surface area contributed by atoms with Crippen LogP contribution >= 0.6 is 0 Å². The van der Waals surface area contributed by atoms with Crippen LogP contribution < -0.4 is 5.32 Å². The van der Waals surface area contributed by atoms with E-state index in [0.717, 1.165) is 6.54 Å². The lowest BCUT2D eigenvalue weighted by molar-refractivity contribution is 0.581. The standard InChI is InChI=1S/C26H35N/c1-3-4-5-6-7-8-9-14-19-27-26-18-13-12-17-24(26)25-20-21(2)22-15-10-11-16-23(22)25/h10-13,15-18,20,25,27H,3-9,14,19H2,1-2H3. The van der Waals surface area contributed by atoms with E-state index in [-0.39, 0.29) is 0 Å². The molecule has 0 spiro atoms. The summed E-state index contributed by atoms with van der Waals surface area (Å²) in [6, 6.07) is 17.7. The Morgan fingerprint density at radius 2 is 1.37 bits per heavy atom. The van der Waals surface area contributed by atoms with Crippen molar-refractivity contribution >= 4 is 11.3 Å². The monoisotopic (exact) mass is 361 g/mol. The van der Waals surface area contributed by atoms with E-state index < -0.39 is 0 Å². The van der Waals surface area contributed by atoms with E-state index in [1.54, 1.807) is 0 Å². The summed E-state index contributed by atoms with van der Waals surface area (Å²) in [6.45, 7) is 5.59. The van der Waals surface area contributed by atoms with Crippen molar-refractivity contribution in [1.29, 1.82) is 0 Å². The first-order valence-electron chi connectivity index (χ1n) is 10.9. The first-order valence-corrected chi connectivity index (χ1v) is 10.9. The van der Waals surface area contributed by atoms with Crippen molar-refractivity contribution in [2.45, 2.75) is 71.1 Å². The van der Waals surface area contributed by atoms with Crippen molar-refractivity contribution in [1.82, 2.24) is 0 Å². The molecular weight excluding hydrogens is 326 g/mol. The number of rotatable bonds is 11. The highest BCUT2D eigenvalue weighted by atomic mass is 14.9. The molecule has 1 heteroatoms. The van der Waals surface area contributed by atoms with Gasteiger partial charge in [0.2, 0.25) is 0 Å². The molecule has 1 N–H and O–H groups in total. The average Bonchev–Trinajstić information content (AvgIpc) is 3.04. The fourth-order valence-corrected chi connectivity index (χ4v) is 4.23. The molecular formula is C26H35N. The van der Waals surface area contributed by atoms with Crippen molar-refractivity contribution < 1.29 is 0 Å². The van der Waals surface area contributed by atoms with Gasteiger partial charge in [-0.2, -0.15) is 0 Å². The van der Waals surface area contributed by atoms with Crippen LogP contribution in [0.15, 0.2) is 54.6 Å². The Labute approximate surface area is 165 Å². The maximum absolute atomic E-state index is 3.72. The number of benzene rings is 2. The van der Waals surface area contributed by atoms with Crippen LogP contribution in [0.1, 0.15) is 87.8 Å². The van der Waals surface area contributed by atoms with Crippen molar-refractivity contribution in [3.8, 4) is 0 Å². The SMILES string of the molecule is CCCCCCCCCCNc1ccccc1C1C=C(C)c2ccccc21. The van der Waals surface area contributed by atoms with Crippen LogP contribution in [0.5, 0.6) is 0 Å². The summed E-state index contributed by atoms with van der Waals surface area (Å²) >= 11 is 0. The number of hydrogen-bond acceptors (Lipinski definition) is 1. The summed E-state index contributed by atoms with van der Waals surface area (Å²) in [7, 11) is 0. The molecule has 2 aromatic rings. The van der Waals surface area contributed by atoms with E-state index in [0.29, 0.717) is 5.92 Å². The number of allylic oxidation sites excluding steroid dienone is 2. The fraction of sp³-hybridized carbons (Fsp3) is 0.462. The van der Waals surface area contributed by atoms with Crippen molar-refractivity contribution in [3.63, 3.8) is 0 Å². The van der Waals surface area contributed by atoms with Gasteiger partial charge >= 0.3 is 0 Å². The summed E-state index contributed by atoms with van der Waals surface area (Å²) in [5, 5.41) is 3.72. The molecule has 1 nitrogen and oxygen atoms in total. The van der Waals surface area contributed by atoms with Gasteiger partial charge in [0.1, 0.15) is 0 Å². The number of para-hydroxylation sites is 1. The molecule has 0 fully saturated rings. The van der Waals surface area contributed by atoms with Gasteiger partial charge in [-0.25, -0.2) is 0 Å². The zero-order valence-corrected chi connectivity index (χ0v) is 17.1. The topological polar surface area (TPSA) is 12.0 Å². The molecule has 0 bridgehead atoms. The summed E-state index contributed by atoms with van der Waals surface area (Å²) in [4.78, 5) is 0. The third kappa shape index (κ3) is 5.25. The van der Waals surface area contributed by atoms with E-state index in [2.05, 4.69) is 73.8 Å². The van der Waals surface area contributed by atoms with Gasteiger partial charge in [-0.15, -0.1) is 0 Å². The van der Waals surface area contributed by atoms with Gasteiger partial charge in [0.15, 0.2) is 0 Å². The molecule has 0 saturated heterocycles. The lowest BCUT2D eigenvalue weighted by Crippen LogP contribution is -2.06. The van der Waals surface area contributed by atoms with E-state index >= 15 is 0 Å². The molecule has 1 unspecified atom stereocenters. The van der Waals surface area contributed by atoms with Crippen LogP contribution in [0.2, 0.25) is 0 Å². The molecule has 0 amide bonds. The number of anilines is 1. The van der Waals surface area contributed by atoms with Crippen LogP contribution in [0, 0.1) is 0 Å². The first-order chi connectivity index (χ1) is 13.3. The van der Waals surface area contributed by atoms with Gasteiger partial charge in [-0.05, 0) is 41.7 Å². The number of hydrogen-bond donors (Lipinski definition) is 1. The smallest absolute Gasteiger partial charge is 0.0382 e. The summed E-state index contributed by atoms with van der Waals surface area (Å²) in [5.41, 5.74) is 6.94. The van der Waals surface area contributed by atoms with Gasteiger partial charge in [-0.1, -0.05) is 100 Å². The van der Waals surface area contributed by atoms with E-state index in [4.69, 9.17) is 0 Å². The Bertz CT molecular complexity index is 743. The summed E-state index contributed by atoms with van der Waals surface area (Å²) in [6.07, 6.45) is 13.4. The van der Waals surface area contributed by atoms with E-state index in [9.17, 15) is 0 Å². The Hall–Kier alpha value is -2.02. The van der Waals surface area contributed by atoms with Gasteiger partial charge in [0.05, 0.1) is 0 Å². The number of nitrogens with one attached hydrogen (secondary N) is 1. The van der Waals surface area contributed by atoms with Crippen LogP contribution in [0.25, 0.3) is 5.57 Å². The van der Waals surface area contributed by atoms with Gasteiger partial charge in [0.25, 0.3) is 0 Å². The number of unbranched alkanes of at least 4 members (excludes halogenated alkanes) is 7. The second kappa shape index (κ2) is 10.3. The van der Waals surface area contributed by atoms with Gasteiger partial charge in [0, 0.05) is 18.2 Å². The molecule has 2 aromatic carbocycles. The molecule has 144 valence electrons. The Morgan fingerprint density at radius 3 is 2.15 bits per heavy atom. The number of fused-ring (bicyclic) bond motifs is 1. The molecule has 0 aromatic heterocycles. The summed E-state index contributed by atoms with van der Waals surface area (Å²) < 4.78 is 0. The zero-order valence-electron chi connectivity index (χ0n) is 17.1. The molecule has 0 heterocycles. The third-order valence-electron chi connectivity index (χ3n) is 5.78. The molecule has 1 aliphatic rings. The quantitative estimate of drug-likeness (QED) is 0.403. The van der Waals surface area contributed by atoms with Gasteiger partial charge < -0.3 is 5.32 Å². The Morgan fingerprint density at radius 1 is 0.741 bits per heavy atom. The molecule has 3 rings (SSSR count). The molecule has 0 saturated carbocycles. The van der Waals surface area contributed by atoms with Crippen LogP contribution in [-0.2, 0) is 0 Å². The zero-order chi connectivity index (χ0) is 18.9. The second-order valence-corrected chi connectivity index (χ2v) is 7.90. The average molecular weight is 362 g/mol. The largest absolute Gasteiger partial charge is 0.385 e. The minimum atomic E-state index is 0.378. The van der Waals surface area contributed by atoms with E-state index in [1.165, 1.54) is 79.3 Å². The van der Waals surface area contributed by atoms with Crippen LogP contribution in [-0.4, -0.2) is 6.54 Å². The van der Waals surface area contributed by atoms with Gasteiger partial charge in [-0.3, -0.25) is 0 Å². The second-order valence-electron chi connectivity index (χ2n) is 7.90. The van der Waals surface area contributed by atoms with Crippen molar-refractivity contribution in [3.05, 3.63) is 71.3 Å². The van der Waals surface area contributed by atoms with Crippen molar-refractivity contribution in [2.24, 2.45) is 0 Å². The minimum Gasteiger partial charge on any atom is -0.385 e. The predicted octanol–water partition coefficient (Wildman–Crippen LogP) is 7.79. The molecule has 0 aliphatic heterocycles. The van der Waals surface area contributed by atoms with Crippen molar-refractivity contribution in [2.75, 3.05) is 11.9 Å². The van der Waals surface area contributed by atoms with E-state index in [1.807, 2.05) is 0 Å². The molecule has 1 atom stereocenters. The normalized spacial score (nSPS) is 15.5.